The molecule has 2 rings (SSSR count). The summed E-state index contributed by atoms with van der Waals surface area (Å²) in [4.78, 5) is 0. The van der Waals surface area contributed by atoms with Gasteiger partial charge < -0.3 is 5.32 Å². The van der Waals surface area contributed by atoms with E-state index >= 15 is 0 Å². The van der Waals surface area contributed by atoms with E-state index in [9.17, 15) is 0 Å². The Hall–Kier alpha value is -2.27. The molecule has 2 aromatic rings. The molecule has 2 nitrogen and oxygen atoms in total. The summed E-state index contributed by atoms with van der Waals surface area (Å²) < 4.78 is 0. The van der Waals surface area contributed by atoms with Crippen LogP contribution in [0, 0.1) is 18.3 Å². The Morgan fingerprint density at radius 1 is 1.12 bits per heavy atom. The van der Waals surface area contributed by atoms with Crippen LogP contribution >= 0.6 is 0 Å². The highest BCUT2D eigenvalue weighted by Gasteiger charge is 1.99. The molecule has 0 aliphatic rings. The van der Waals surface area contributed by atoms with E-state index in [1.807, 2.05) is 43.3 Å². The van der Waals surface area contributed by atoms with Crippen molar-refractivity contribution in [2.45, 2.75) is 13.5 Å². The molecule has 0 atom stereocenters. The van der Waals surface area contributed by atoms with Crippen LogP contribution in [0.4, 0.5) is 5.69 Å². The third-order valence-corrected chi connectivity index (χ3v) is 2.69. The molecule has 0 bridgehead atoms. The lowest BCUT2D eigenvalue weighted by atomic mass is 10.1. The molecule has 0 unspecified atom stereocenters. The fourth-order valence-electron chi connectivity index (χ4n) is 1.68. The molecule has 0 spiro atoms. The maximum Gasteiger partial charge on any atom is 0.0992 e. The molecule has 0 amide bonds. The molecule has 0 fully saturated rings. The van der Waals surface area contributed by atoms with Gasteiger partial charge >= 0.3 is 0 Å². The standard InChI is InChI=1S/C15H14N2/c1-12-7-8-14(10-16)9-15(12)17-11-13-5-3-2-4-6-13/h2-9,17H,11H2,1H3. The second kappa shape index (κ2) is 5.18. The van der Waals surface area contributed by atoms with Crippen molar-refractivity contribution in [3.8, 4) is 6.07 Å². The van der Waals surface area contributed by atoms with Crippen molar-refractivity contribution in [1.82, 2.24) is 0 Å². The van der Waals surface area contributed by atoms with Crippen molar-refractivity contribution < 1.29 is 0 Å². The number of rotatable bonds is 3. The monoisotopic (exact) mass is 222 g/mol. The van der Waals surface area contributed by atoms with Gasteiger partial charge in [-0.25, -0.2) is 0 Å². The predicted molar refractivity (Wildman–Crippen MR) is 69.7 cm³/mol. The minimum Gasteiger partial charge on any atom is -0.381 e. The van der Waals surface area contributed by atoms with Gasteiger partial charge in [0.25, 0.3) is 0 Å². The van der Waals surface area contributed by atoms with Gasteiger partial charge in [0.05, 0.1) is 11.6 Å². The number of hydrogen-bond donors (Lipinski definition) is 1. The largest absolute Gasteiger partial charge is 0.381 e. The Morgan fingerprint density at radius 3 is 2.59 bits per heavy atom. The van der Waals surface area contributed by atoms with Crippen molar-refractivity contribution in [3.05, 3.63) is 65.2 Å². The molecule has 2 aromatic carbocycles. The summed E-state index contributed by atoms with van der Waals surface area (Å²) in [6.07, 6.45) is 0. The van der Waals surface area contributed by atoms with Gasteiger partial charge in [-0.1, -0.05) is 36.4 Å². The van der Waals surface area contributed by atoms with E-state index in [1.54, 1.807) is 0 Å². The Bertz CT molecular complexity index is 539. The average molecular weight is 222 g/mol. The lowest BCUT2D eigenvalue weighted by Gasteiger charge is -2.09. The lowest BCUT2D eigenvalue weighted by molar-refractivity contribution is 1.14. The lowest BCUT2D eigenvalue weighted by Crippen LogP contribution is -2.01. The maximum absolute atomic E-state index is 8.86. The van der Waals surface area contributed by atoms with E-state index in [0.29, 0.717) is 5.56 Å². The molecular weight excluding hydrogens is 208 g/mol. The Morgan fingerprint density at radius 2 is 1.88 bits per heavy atom. The van der Waals surface area contributed by atoms with Gasteiger partial charge in [0, 0.05) is 12.2 Å². The van der Waals surface area contributed by atoms with Crippen LogP contribution in [-0.2, 0) is 6.54 Å². The van der Waals surface area contributed by atoms with Gasteiger partial charge in [-0.05, 0) is 30.2 Å². The summed E-state index contributed by atoms with van der Waals surface area (Å²) in [5, 5.41) is 12.2. The summed E-state index contributed by atoms with van der Waals surface area (Å²) in [6.45, 7) is 2.81. The Kier molecular flexibility index (Phi) is 3.42. The highest BCUT2D eigenvalue weighted by Crippen LogP contribution is 2.17. The van der Waals surface area contributed by atoms with Gasteiger partial charge in [0.1, 0.15) is 0 Å². The fraction of sp³-hybridized carbons (Fsp3) is 0.133. The molecule has 2 heteroatoms. The Labute approximate surface area is 102 Å². The molecule has 0 saturated carbocycles. The molecule has 0 heterocycles. The zero-order valence-corrected chi connectivity index (χ0v) is 9.77. The van der Waals surface area contributed by atoms with Crippen LogP contribution in [0.25, 0.3) is 0 Å². The van der Waals surface area contributed by atoms with Crippen LogP contribution in [0.1, 0.15) is 16.7 Å². The number of anilines is 1. The van der Waals surface area contributed by atoms with E-state index in [4.69, 9.17) is 5.26 Å². The number of aryl methyl sites for hydroxylation is 1. The maximum atomic E-state index is 8.86. The van der Waals surface area contributed by atoms with E-state index in [-0.39, 0.29) is 0 Å². The minimum atomic E-state index is 0.686. The second-order valence-electron chi connectivity index (χ2n) is 3.98. The first-order chi connectivity index (χ1) is 8.29. The molecule has 0 radical (unpaired) electrons. The van der Waals surface area contributed by atoms with Crippen LogP contribution in [-0.4, -0.2) is 0 Å². The molecule has 0 saturated heterocycles. The highest BCUT2D eigenvalue weighted by molar-refractivity contribution is 5.55. The van der Waals surface area contributed by atoms with Crippen molar-refractivity contribution in [2.24, 2.45) is 0 Å². The predicted octanol–water partition coefficient (Wildman–Crippen LogP) is 3.48. The summed E-state index contributed by atoms with van der Waals surface area (Å²) in [7, 11) is 0. The van der Waals surface area contributed by atoms with Gasteiger partial charge in [0.2, 0.25) is 0 Å². The SMILES string of the molecule is Cc1ccc(C#N)cc1NCc1ccccc1. The summed E-state index contributed by atoms with van der Waals surface area (Å²) >= 11 is 0. The van der Waals surface area contributed by atoms with Crippen LogP contribution < -0.4 is 5.32 Å². The first-order valence-corrected chi connectivity index (χ1v) is 5.58. The summed E-state index contributed by atoms with van der Waals surface area (Å²) in [6, 6.07) is 18.1. The normalized spacial score (nSPS) is 9.65. The minimum absolute atomic E-state index is 0.686. The van der Waals surface area contributed by atoms with Gasteiger partial charge in [0.15, 0.2) is 0 Å². The molecule has 0 aromatic heterocycles. The number of nitriles is 1. The van der Waals surface area contributed by atoms with E-state index in [1.165, 1.54) is 5.56 Å². The van der Waals surface area contributed by atoms with Crippen molar-refractivity contribution in [3.63, 3.8) is 0 Å². The first kappa shape index (κ1) is 11.2. The molecule has 0 aliphatic carbocycles. The van der Waals surface area contributed by atoms with Crippen molar-refractivity contribution in [2.75, 3.05) is 5.32 Å². The molecule has 84 valence electrons. The van der Waals surface area contributed by atoms with E-state index < -0.39 is 0 Å². The Balaban J connectivity index is 2.12. The average Bonchev–Trinajstić information content (AvgIpc) is 2.39. The van der Waals surface area contributed by atoms with E-state index in [2.05, 4.69) is 23.5 Å². The zero-order chi connectivity index (χ0) is 12.1. The van der Waals surface area contributed by atoms with Gasteiger partial charge in [-0.15, -0.1) is 0 Å². The number of nitrogens with zero attached hydrogens (tertiary/aromatic N) is 1. The van der Waals surface area contributed by atoms with Crippen LogP contribution in [0.2, 0.25) is 0 Å². The molecule has 17 heavy (non-hydrogen) atoms. The van der Waals surface area contributed by atoms with Crippen LogP contribution in [0.5, 0.6) is 0 Å². The molecule has 0 aliphatic heterocycles. The van der Waals surface area contributed by atoms with Gasteiger partial charge in [-0.3, -0.25) is 0 Å². The van der Waals surface area contributed by atoms with Gasteiger partial charge in [-0.2, -0.15) is 5.26 Å². The summed E-state index contributed by atoms with van der Waals surface area (Å²) in [5.41, 5.74) is 4.09. The van der Waals surface area contributed by atoms with Crippen LogP contribution in [0.3, 0.4) is 0 Å². The second-order valence-corrected chi connectivity index (χ2v) is 3.98. The quantitative estimate of drug-likeness (QED) is 0.863. The smallest absolute Gasteiger partial charge is 0.0992 e. The zero-order valence-electron chi connectivity index (χ0n) is 9.77. The first-order valence-electron chi connectivity index (χ1n) is 5.58. The highest BCUT2D eigenvalue weighted by atomic mass is 14.9. The summed E-state index contributed by atoms with van der Waals surface area (Å²) in [5.74, 6) is 0. The van der Waals surface area contributed by atoms with Crippen molar-refractivity contribution >= 4 is 5.69 Å². The van der Waals surface area contributed by atoms with Crippen LogP contribution in [0.15, 0.2) is 48.5 Å². The third kappa shape index (κ3) is 2.85. The number of hydrogen-bond acceptors (Lipinski definition) is 2. The topological polar surface area (TPSA) is 35.8 Å². The number of nitrogens with one attached hydrogen (secondary N) is 1. The molecule has 1 N–H and O–H groups in total. The fourth-order valence-corrected chi connectivity index (χ4v) is 1.68. The third-order valence-electron chi connectivity index (χ3n) is 2.69. The number of benzene rings is 2. The molecular formula is C15H14N2. The van der Waals surface area contributed by atoms with Crippen molar-refractivity contribution in [1.29, 1.82) is 5.26 Å². The van der Waals surface area contributed by atoms with E-state index in [0.717, 1.165) is 17.8 Å².